The molecular formula is C74H90N18O21. The van der Waals surface area contributed by atoms with Crippen molar-refractivity contribution in [2.24, 2.45) is 28.1 Å². The van der Waals surface area contributed by atoms with Crippen LogP contribution in [0, 0.1) is 5.92 Å². The number of H-pyrrole nitrogens is 2. The van der Waals surface area contributed by atoms with Crippen LogP contribution in [0.1, 0.15) is 137 Å². The monoisotopic (exact) mass is 1570 g/mol. The van der Waals surface area contributed by atoms with Gasteiger partial charge in [0.15, 0.2) is 11.7 Å². The Balaban J connectivity index is 0.960. The number of nitrogens with two attached hydrogens (primary N) is 3. The van der Waals surface area contributed by atoms with Crippen molar-refractivity contribution in [2.75, 3.05) is 32.8 Å². The number of ketones is 2. The van der Waals surface area contributed by atoms with Gasteiger partial charge in [0.05, 0.1) is 41.9 Å². The number of nitrogens with zero attached hydrogens (tertiary/aromatic N) is 3. The number of benzene rings is 4. The summed E-state index contributed by atoms with van der Waals surface area (Å²) in [5, 5.41) is 74.0. The number of phenolic OH excluding ortho intramolecular Hbond substituents is 4. The average molecular weight is 1570 g/mol. The predicted octanol–water partition coefficient (Wildman–Crippen LogP) is -2.66. The zero-order valence-electron chi connectivity index (χ0n) is 61.5. The van der Waals surface area contributed by atoms with Crippen LogP contribution in [0.15, 0.2) is 96.5 Å². The van der Waals surface area contributed by atoms with Crippen molar-refractivity contribution in [1.82, 2.24) is 73.3 Å². The van der Waals surface area contributed by atoms with E-state index in [1.54, 1.807) is 44.3 Å². The van der Waals surface area contributed by atoms with Crippen LogP contribution in [0.5, 0.6) is 23.0 Å². The molecule has 2 saturated heterocycles. The molecule has 10 amide bonds. The van der Waals surface area contributed by atoms with Gasteiger partial charge in [0.1, 0.15) is 77.4 Å². The molecule has 23 N–H and O–H groups in total. The minimum atomic E-state index is -1.90. The summed E-state index contributed by atoms with van der Waals surface area (Å²) in [6.45, 7) is 1.73. The van der Waals surface area contributed by atoms with E-state index in [9.17, 15) is 83.1 Å². The highest BCUT2D eigenvalue weighted by molar-refractivity contribution is 6.30. The number of guanidine groups is 1. The van der Waals surface area contributed by atoms with E-state index in [-0.39, 0.29) is 114 Å². The number of unbranched alkanes of at least 4 members (excludes halogenated alkanes) is 1. The van der Waals surface area contributed by atoms with Gasteiger partial charge < -0.3 is 110 Å². The fraction of sp³-hybridized carbons (Fsp3) is 0.405. The maximum atomic E-state index is 15.2. The number of aromatic hydroxyl groups is 4. The number of aromatic nitrogens is 3. The van der Waals surface area contributed by atoms with Gasteiger partial charge in [-0.2, -0.15) is 5.48 Å². The summed E-state index contributed by atoms with van der Waals surface area (Å²) in [6, 6.07) is 2.83. The summed E-state index contributed by atoms with van der Waals surface area (Å²) in [5.41, 5.74) is 20.8. The highest BCUT2D eigenvalue weighted by Crippen LogP contribution is 2.39. The SMILES string of the molecule is CC(C)C[C@H](NC(=O)[C@H](CCCCNOC(=O)c1cc(O)c2c(c1)C(=O)c1cc(O)cc(O)c1C2=O)NC(=O)[C@H](Cc1ccc(O)cc1)NC(=O)[C@H](CO)NC(=O)[C@H](Cc1c[nH]c2ccccc12)NC(=O)[C@H](Cc1c[nH]cn1)NOC(=O)C1CCC(=O)N1)C(=O)N[C@@H](CCCN=C(N)N)C(=O)N1CCC[C@H]1C(=O)NCC(N)=O. The van der Waals surface area contributed by atoms with Crippen molar-refractivity contribution in [3.63, 3.8) is 0 Å². The summed E-state index contributed by atoms with van der Waals surface area (Å²) >= 11 is 0. The number of fused-ring (bicyclic) bond motifs is 3. The zero-order valence-corrected chi connectivity index (χ0v) is 61.5. The van der Waals surface area contributed by atoms with Gasteiger partial charge in [-0.25, -0.2) is 14.6 Å². The van der Waals surface area contributed by atoms with E-state index in [2.05, 4.69) is 73.4 Å². The van der Waals surface area contributed by atoms with Crippen molar-refractivity contribution in [1.29, 1.82) is 0 Å². The molecule has 0 spiro atoms. The number of amides is 10. The molecule has 39 heteroatoms. The maximum absolute atomic E-state index is 15.2. The second-order valence-corrected chi connectivity index (χ2v) is 27.7. The van der Waals surface area contributed by atoms with Crippen LogP contribution in [0.25, 0.3) is 10.9 Å². The van der Waals surface area contributed by atoms with Gasteiger partial charge in [-0.1, -0.05) is 44.2 Å². The molecule has 4 aromatic carbocycles. The predicted molar refractivity (Wildman–Crippen MR) is 397 cm³/mol. The molecular weight excluding hydrogens is 1480 g/mol. The second kappa shape index (κ2) is 39.0. The van der Waals surface area contributed by atoms with Gasteiger partial charge in [0, 0.05) is 85.8 Å². The van der Waals surface area contributed by atoms with Crippen LogP contribution >= 0.6 is 0 Å². The van der Waals surface area contributed by atoms with E-state index in [1.165, 1.54) is 41.7 Å². The normalized spacial score (nSPS) is 16.1. The fourth-order valence-corrected chi connectivity index (χ4v) is 13.1. The summed E-state index contributed by atoms with van der Waals surface area (Å²) in [7, 11) is 0. The summed E-state index contributed by atoms with van der Waals surface area (Å²) in [6.07, 6.45) is 3.93. The lowest BCUT2D eigenvalue weighted by atomic mass is 9.82. The van der Waals surface area contributed by atoms with E-state index in [1.807, 2.05) is 0 Å². The van der Waals surface area contributed by atoms with E-state index < -0.39 is 196 Å². The maximum Gasteiger partial charge on any atom is 0.356 e. The zero-order chi connectivity index (χ0) is 81.7. The number of aliphatic hydroxyl groups excluding tert-OH is 1. The molecule has 39 nitrogen and oxygen atoms in total. The first-order valence-electron chi connectivity index (χ1n) is 36.3. The number of aromatic amines is 2. The molecule has 1 unspecified atom stereocenters. The molecule has 1 aliphatic carbocycles. The Bertz CT molecular complexity index is 4580. The van der Waals surface area contributed by atoms with Gasteiger partial charge in [0.25, 0.3) is 0 Å². The largest absolute Gasteiger partial charge is 0.508 e. The number of carbonyl (C=O) groups excluding carboxylic acids is 14. The molecule has 6 aromatic rings. The number of hydrogen-bond donors (Lipinski definition) is 20. The van der Waals surface area contributed by atoms with Crippen LogP contribution in [-0.4, -0.2) is 221 Å². The molecule has 0 saturated carbocycles. The van der Waals surface area contributed by atoms with Crippen molar-refractivity contribution < 1.29 is 102 Å². The lowest BCUT2D eigenvalue weighted by molar-refractivity contribution is -0.157. The van der Waals surface area contributed by atoms with Crippen molar-refractivity contribution in [3.8, 4) is 23.0 Å². The van der Waals surface area contributed by atoms with Gasteiger partial charge in [0.2, 0.25) is 64.9 Å². The number of hydroxylamine groups is 2. The minimum Gasteiger partial charge on any atom is -0.508 e. The summed E-state index contributed by atoms with van der Waals surface area (Å²) < 4.78 is 0. The summed E-state index contributed by atoms with van der Waals surface area (Å²) in [5.74, 6) is -15.5. The number of phenols is 4. The van der Waals surface area contributed by atoms with Gasteiger partial charge in [-0.05, 0) is 111 Å². The van der Waals surface area contributed by atoms with Crippen LogP contribution in [0.4, 0.5) is 0 Å². The lowest BCUT2D eigenvalue weighted by Gasteiger charge is -2.30. The number of aliphatic imine (C=N–C) groups is 1. The van der Waals surface area contributed by atoms with Crippen molar-refractivity contribution in [2.45, 2.75) is 152 Å². The molecule has 3 aliphatic rings. The first-order chi connectivity index (χ1) is 54.0. The van der Waals surface area contributed by atoms with Crippen LogP contribution in [0.3, 0.4) is 0 Å². The molecule has 602 valence electrons. The smallest absolute Gasteiger partial charge is 0.356 e. The number of aliphatic hydroxyl groups is 1. The van der Waals surface area contributed by atoms with E-state index in [0.29, 0.717) is 34.1 Å². The number of likely N-dealkylation sites (tertiary alicyclic amines) is 1. The highest BCUT2D eigenvalue weighted by atomic mass is 16.7. The third-order valence-corrected chi connectivity index (χ3v) is 18.8. The second-order valence-electron chi connectivity index (χ2n) is 27.7. The topological polar surface area (TPSA) is 617 Å². The fourth-order valence-electron chi connectivity index (χ4n) is 13.1. The molecule has 0 radical (unpaired) electrons. The number of nitrogens with one attached hydrogen (secondary N) is 12. The Morgan fingerprint density at radius 3 is 1.96 bits per heavy atom. The first kappa shape index (κ1) is 84.0. The quantitative estimate of drug-likeness (QED) is 0.00809. The molecule has 9 rings (SSSR count). The third-order valence-electron chi connectivity index (χ3n) is 18.8. The highest BCUT2D eigenvalue weighted by Gasteiger charge is 2.41. The summed E-state index contributed by atoms with van der Waals surface area (Å²) in [4.78, 5) is 220. The molecule has 0 bridgehead atoms. The molecule has 9 atom stereocenters. The number of hydrogen-bond acceptors (Lipinski definition) is 25. The molecule has 2 aromatic heterocycles. The minimum absolute atomic E-state index is 0.00780. The average Bonchev–Trinajstić information content (AvgIpc) is 1.32. The number of primary amides is 1. The standard InChI is InChI=1S/C74H90N18O21/c1-36(2)23-50(65(103)86-48(12-7-20-79-74(76)77)71(109)92-22-8-13-55(92)70(108)81-33-58(75)98)87-64(102)47(11-5-6-21-83-112-72(110)38-25-44-60(56(96)27-38)63(101)61-45(62(44)100)29-42(95)30-57(61)97)85-66(104)51(24-37-14-16-41(94)17-15-37)88-69(107)54(34-93)90-67(105)52(26-39-31-80-46-10-4-3-9-43(39)46)89-68(106)53(28-40-32-78-35-82-40)91-113-73(111)49-18-19-59(99)84-49/h3-4,9-10,14-17,25,27,29-32,35-36,47-55,80,83,91,93-97H,5-8,11-13,18-24,26,28,33-34H2,1-2H3,(H2,75,98)(H,78,82)(H,81,108)(H,84,99)(H,85,104)(H,86,103)(H,87,102)(H,88,107)(H,89,106)(H,90,105)(H4,76,77,79)/t47-,48-,49?,50-,51-,52-,53-,54-,55-/m0/s1. The van der Waals surface area contributed by atoms with Crippen LogP contribution in [0.2, 0.25) is 0 Å². The Kier molecular flexibility index (Phi) is 29.0. The van der Waals surface area contributed by atoms with Gasteiger partial charge >= 0.3 is 11.9 Å². The molecule has 113 heavy (non-hydrogen) atoms. The third kappa shape index (κ3) is 22.6. The molecule has 4 heterocycles. The van der Waals surface area contributed by atoms with Crippen LogP contribution in [-0.2, 0) is 81.7 Å². The molecule has 2 aliphatic heterocycles. The number of para-hydroxylation sites is 1. The Labute approximate surface area is 644 Å². The number of rotatable bonds is 39. The molecule has 2 fully saturated rings. The first-order valence-corrected chi connectivity index (χ1v) is 36.3. The Morgan fingerprint density at radius 1 is 0.655 bits per heavy atom. The van der Waals surface area contributed by atoms with E-state index >= 15 is 9.59 Å². The van der Waals surface area contributed by atoms with E-state index in [0.717, 1.165) is 24.3 Å². The van der Waals surface area contributed by atoms with E-state index in [4.69, 9.17) is 26.9 Å². The lowest BCUT2D eigenvalue weighted by Crippen LogP contribution is -2.61. The van der Waals surface area contributed by atoms with Gasteiger partial charge in [-0.15, -0.1) is 5.48 Å². The Morgan fingerprint density at radius 2 is 1.28 bits per heavy atom. The number of carbonyl (C=O) groups is 14. The van der Waals surface area contributed by atoms with Crippen molar-refractivity contribution >= 4 is 99.4 Å². The Hall–Kier alpha value is -13.0. The van der Waals surface area contributed by atoms with Crippen LogP contribution < -0.4 is 70.7 Å². The number of imidazole rings is 1. The van der Waals surface area contributed by atoms with Gasteiger partial charge in [-0.3, -0.25) is 62.5 Å². The van der Waals surface area contributed by atoms with Crippen molar-refractivity contribution in [3.05, 3.63) is 136 Å².